The zero-order valence-electron chi connectivity index (χ0n) is 15.0. The Morgan fingerprint density at radius 1 is 1.11 bits per heavy atom. The van der Waals surface area contributed by atoms with Crippen molar-refractivity contribution >= 4 is 15.7 Å². The fraction of sp³-hybridized carbons (Fsp3) is 0.333. The van der Waals surface area contributed by atoms with Crippen molar-refractivity contribution in [3.8, 4) is 11.3 Å². The van der Waals surface area contributed by atoms with Crippen molar-refractivity contribution in [1.82, 2.24) is 23.8 Å². The van der Waals surface area contributed by atoms with E-state index in [0.29, 0.717) is 30.0 Å². The van der Waals surface area contributed by atoms with Crippen LogP contribution in [-0.2, 0) is 10.0 Å². The first-order chi connectivity index (χ1) is 13.0. The van der Waals surface area contributed by atoms with Crippen LogP contribution < -0.4 is 5.56 Å². The van der Waals surface area contributed by atoms with Crippen LogP contribution in [0.5, 0.6) is 0 Å². The molecular formula is C18H21N5O3S. The summed E-state index contributed by atoms with van der Waals surface area (Å²) in [6.45, 7) is 5.43. The Hall–Kier alpha value is -2.49. The van der Waals surface area contributed by atoms with Gasteiger partial charge in [0.2, 0.25) is 10.0 Å². The summed E-state index contributed by atoms with van der Waals surface area (Å²) < 4.78 is 28.9. The molecule has 8 nitrogen and oxygen atoms in total. The highest BCUT2D eigenvalue weighted by molar-refractivity contribution is 7.89. The molecule has 0 aliphatic carbocycles. The van der Waals surface area contributed by atoms with Gasteiger partial charge in [0.15, 0.2) is 5.65 Å². The van der Waals surface area contributed by atoms with Gasteiger partial charge in [-0.05, 0) is 18.7 Å². The number of hydrogen-bond acceptors (Lipinski definition) is 5. The van der Waals surface area contributed by atoms with Crippen LogP contribution in [0.3, 0.4) is 0 Å². The predicted octanol–water partition coefficient (Wildman–Crippen LogP) is 1.02. The number of sulfonamides is 1. The number of aromatic amines is 1. The predicted molar refractivity (Wildman–Crippen MR) is 102 cm³/mol. The Balaban J connectivity index is 1.68. The zero-order valence-corrected chi connectivity index (χ0v) is 15.8. The van der Waals surface area contributed by atoms with Gasteiger partial charge >= 0.3 is 0 Å². The third-order valence-electron chi connectivity index (χ3n) is 4.93. The Labute approximate surface area is 157 Å². The summed E-state index contributed by atoms with van der Waals surface area (Å²) in [5.41, 5.74) is 1.29. The SMILES string of the molecule is CCN1CCN(S(=O)(=O)c2cccc(-c3cc(=O)n4[nH]ccc4n3)c2)CC1. The van der Waals surface area contributed by atoms with Crippen molar-refractivity contribution in [1.29, 1.82) is 0 Å². The molecule has 27 heavy (non-hydrogen) atoms. The van der Waals surface area contributed by atoms with Gasteiger partial charge in [0, 0.05) is 50.1 Å². The first-order valence-corrected chi connectivity index (χ1v) is 10.3. The topological polar surface area (TPSA) is 90.8 Å². The monoisotopic (exact) mass is 387 g/mol. The molecule has 1 aliphatic heterocycles. The minimum atomic E-state index is -3.58. The molecule has 0 spiro atoms. The second kappa shape index (κ2) is 6.91. The highest BCUT2D eigenvalue weighted by atomic mass is 32.2. The molecule has 0 saturated carbocycles. The van der Waals surface area contributed by atoms with Crippen LogP contribution in [0, 0.1) is 0 Å². The normalized spacial score (nSPS) is 16.8. The molecule has 142 valence electrons. The Morgan fingerprint density at radius 2 is 1.89 bits per heavy atom. The highest BCUT2D eigenvalue weighted by Gasteiger charge is 2.28. The third kappa shape index (κ3) is 3.29. The van der Waals surface area contributed by atoms with E-state index < -0.39 is 10.0 Å². The molecule has 1 aliphatic rings. The van der Waals surface area contributed by atoms with Crippen molar-refractivity contribution in [3.05, 3.63) is 52.9 Å². The number of piperazine rings is 1. The maximum Gasteiger partial charge on any atom is 0.273 e. The van der Waals surface area contributed by atoms with Crippen molar-refractivity contribution in [2.24, 2.45) is 0 Å². The Kier molecular flexibility index (Phi) is 4.58. The third-order valence-corrected chi connectivity index (χ3v) is 6.82. The minimum Gasteiger partial charge on any atom is -0.301 e. The summed E-state index contributed by atoms with van der Waals surface area (Å²) in [6, 6.07) is 9.72. The van der Waals surface area contributed by atoms with Gasteiger partial charge in [0.1, 0.15) is 0 Å². The van der Waals surface area contributed by atoms with E-state index in [9.17, 15) is 13.2 Å². The van der Waals surface area contributed by atoms with Gasteiger partial charge in [-0.1, -0.05) is 19.1 Å². The maximum absolute atomic E-state index is 13.0. The maximum atomic E-state index is 13.0. The molecule has 2 aromatic heterocycles. The lowest BCUT2D eigenvalue weighted by atomic mass is 10.1. The second-order valence-electron chi connectivity index (χ2n) is 6.50. The molecule has 0 atom stereocenters. The van der Waals surface area contributed by atoms with Crippen LogP contribution in [0.2, 0.25) is 0 Å². The second-order valence-corrected chi connectivity index (χ2v) is 8.44. The molecule has 1 aromatic carbocycles. The van der Waals surface area contributed by atoms with Gasteiger partial charge in [0.25, 0.3) is 5.56 Å². The van der Waals surface area contributed by atoms with Gasteiger partial charge in [-0.3, -0.25) is 9.89 Å². The Bertz CT molecular complexity index is 1130. The number of H-pyrrole nitrogens is 1. The summed E-state index contributed by atoms with van der Waals surface area (Å²) in [7, 11) is -3.58. The molecule has 4 rings (SSSR count). The summed E-state index contributed by atoms with van der Waals surface area (Å²) in [6.07, 6.45) is 1.63. The van der Waals surface area contributed by atoms with E-state index in [1.54, 1.807) is 36.5 Å². The summed E-state index contributed by atoms with van der Waals surface area (Å²) in [4.78, 5) is 19.1. The van der Waals surface area contributed by atoms with E-state index in [4.69, 9.17) is 0 Å². The van der Waals surface area contributed by atoms with Gasteiger partial charge in [0.05, 0.1) is 10.6 Å². The number of aromatic nitrogens is 3. The number of rotatable bonds is 4. The molecule has 0 amide bonds. The summed E-state index contributed by atoms with van der Waals surface area (Å²) in [5, 5.41) is 2.79. The van der Waals surface area contributed by atoms with Crippen LogP contribution in [0.15, 0.2) is 52.3 Å². The first-order valence-electron chi connectivity index (χ1n) is 8.89. The van der Waals surface area contributed by atoms with Crippen LogP contribution in [-0.4, -0.2) is 64.9 Å². The van der Waals surface area contributed by atoms with Crippen molar-refractivity contribution < 1.29 is 8.42 Å². The summed E-state index contributed by atoms with van der Waals surface area (Å²) in [5.74, 6) is 0. The lowest BCUT2D eigenvalue weighted by Crippen LogP contribution is -2.48. The molecule has 0 bridgehead atoms. The number of fused-ring (bicyclic) bond motifs is 1. The summed E-state index contributed by atoms with van der Waals surface area (Å²) >= 11 is 0. The molecule has 3 aromatic rings. The average molecular weight is 387 g/mol. The number of hydrogen-bond donors (Lipinski definition) is 1. The van der Waals surface area contributed by atoms with E-state index in [1.807, 2.05) is 0 Å². The fourth-order valence-corrected chi connectivity index (χ4v) is 4.80. The lowest BCUT2D eigenvalue weighted by molar-refractivity contribution is 0.196. The van der Waals surface area contributed by atoms with Crippen LogP contribution >= 0.6 is 0 Å². The van der Waals surface area contributed by atoms with E-state index in [0.717, 1.165) is 19.6 Å². The molecule has 1 fully saturated rings. The first kappa shape index (κ1) is 17.9. The number of likely N-dealkylation sites (N-methyl/N-ethyl adjacent to an activating group) is 1. The van der Waals surface area contributed by atoms with Crippen LogP contribution in [0.25, 0.3) is 16.9 Å². The number of benzene rings is 1. The largest absolute Gasteiger partial charge is 0.301 e. The Morgan fingerprint density at radius 3 is 2.63 bits per heavy atom. The van der Waals surface area contributed by atoms with E-state index in [1.165, 1.54) is 14.9 Å². The number of nitrogens with zero attached hydrogens (tertiary/aromatic N) is 4. The molecule has 9 heteroatoms. The van der Waals surface area contributed by atoms with Crippen molar-refractivity contribution in [2.75, 3.05) is 32.7 Å². The van der Waals surface area contributed by atoms with Crippen LogP contribution in [0.1, 0.15) is 6.92 Å². The number of nitrogens with one attached hydrogen (secondary N) is 1. The van der Waals surface area contributed by atoms with E-state index >= 15 is 0 Å². The lowest BCUT2D eigenvalue weighted by Gasteiger charge is -2.33. The minimum absolute atomic E-state index is 0.223. The average Bonchev–Trinajstić information content (AvgIpc) is 3.17. The van der Waals surface area contributed by atoms with Crippen LogP contribution in [0.4, 0.5) is 0 Å². The van der Waals surface area contributed by atoms with E-state index in [-0.39, 0.29) is 10.5 Å². The smallest absolute Gasteiger partial charge is 0.273 e. The quantitative estimate of drug-likeness (QED) is 0.722. The van der Waals surface area contributed by atoms with Gasteiger partial charge in [-0.25, -0.2) is 17.9 Å². The molecule has 3 heterocycles. The zero-order chi connectivity index (χ0) is 19.0. The van der Waals surface area contributed by atoms with Gasteiger partial charge < -0.3 is 4.90 Å². The molecule has 1 saturated heterocycles. The molecule has 0 unspecified atom stereocenters. The van der Waals surface area contributed by atoms with Gasteiger partial charge in [-0.15, -0.1) is 0 Å². The molecular weight excluding hydrogens is 366 g/mol. The van der Waals surface area contributed by atoms with E-state index in [2.05, 4.69) is 21.9 Å². The molecule has 0 radical (unpaired) electrons. The highest BCUT2D eigenvalue weighted by Crippen LogP contribution is 2.23. The fourth-order valence-electron chi connectivity index (χ4n) is 3.33. The van der Waals surface area contributed by atoms with Gasteiger partial charge in [-0.2, -0.15) is 4.31 Å². The van der Waals surface area contributed by atoms with Crippen molar-refractivity contribution in [2.45, 2.75) is 11.8 Å². The standard InChI is InChI=1S/C18H21N5O3S/c1-2-21-8-10-22(11-9-21)27(25,26)15-5-3-4-14(12-15)16-13-18(24)23-17(20-16)6-7-19-23/h3-7,12-13,19H,2,8-11H2,1H3. The molecule has 1 N–H and O–H groups in total. The van der Waals surface area contributed by atoms with Crippen molar-refractivity contribution in [3.63, 3.8) is 0 Å².